The first-order valence-electron chi connectivity index (χ1n) is 8.60. The van der Waals surface area contributed by atoms with E-state index in [0.29, 0.717) is 16.9 Å². The lowest BCUT2D eigenvalue weighted by molar-refractivity contribution is -0.126. The smallest absolute Gasteiger partial charge is 0.341 e. The Morgan fingerprint density at radius 1 is 1.10 bits per heavy atom. The molecule has 1 aromatic carbocycles. The Morgan fingerprint density at radius 3 is 2.28 bits per heavy atom. The highest BCUT2D eigenvalue weighted by atomic mass is 16.4. The minimum atomic E-state index is -1.32. The van der Waals surface area contributed by atoms with E-state index in [1.807, 2.05) is 0 Å². The highest BCUT2D eigenvalue weighted by Gasteiger charge is 2.20. The number of aromatic carboxylic acids is 1. The third-order valence-corrected chi connectivity index (χ3v) is 3.98. The van der Waals surface area contributed by atoms with Crippen LogP contribution < -0.4 is 21.9 Å². The van der Waals surface area contributed by atoms with E-state index in [0.717, 1.165) is 0 Å². The number of nitrogens with two attached hydrogens (primary N) is 1. The number of anilines is 1. The molecule has 10 nitrogen and oxygen atoms in total. The van der Waals surface area contributed by atoms with Gasteiger partial charge < -0.3 is 26.5 Å². The second-order valence-electron chi connectivity index (χ2n) is 6.24. The van der Waals surface area contributed by atoms with Crippen molar-refractivity contribution in [3.05, 3.63) is 52.3 Å². The molecule has 3 amide bonds. The van der Waals surface area contributed by atoms with Crippen LogP contribution in [0.3, 0.4) is 0 Å². The topological polar surface area (TPSA) is 171 Å². The van der Waals surface area contributed by atoms with Crippen LogP contribution in [0.1, 0.15) is 30.1 Å². The first-order chi connectivity index (χ1) is 13.7. The SMILES string of the molecule is CC(=O)N[C@@H](CCC(N)=O)C(=O)Nc1ccc(-c2ccc(C(=O)O)c(=O)[nH]2)cc1. The summed E-state index contributed by atoms with van der Waals surface area (Å²) < 4.78 is 0. The average Bonchev–Trinajstić information content (AvgIpc) is 2.64. The number of aromatic nitrogens is 1. The van der Waals surface area contributed by atoms with Gasteiger partial charge in [-0.15, -0.1) is 0 Å². The highest BCUT2D eigenvalue weighted by molar-refractivity contribution is 5.97. The van der Waals surface area contributed by atoms with Gasteiger partial charge in [0.05, 0.1) is 0 Å². The number of H-pyrrole nitrogens is 1. The largest absolute Gasteiger partial charge is 0.477 e. The molecule has 2 rings (SSSR count). The van der Waals surface area contributed by atoms with Gasteiger partial charge in [0.1, 0.15) is 11.6 Å². The number of aromatic amines is 1. The lowest BCUT2D eigenvalue weighted by Crippen LogP contribution is -2.43. The molecule has 2 aromatic rings. The van der Waals surface area contributed by atoms with Crippen molar-refractivity contribution in [2.45, 2.75) is 25.8 Å². The Hall–Kier alpha value is -3.95. The Bertz CT molecular complexity index is 997. The lowest BCUT2D eigenvalue weighted by Gasteiger charge is -2.17. The van der Waals surface area contributed by atoms with Crippen LogP contribution in [0.5, 0.6) is 0 Å². The van der Waals surface area contributed by atoms with Gasteiger partial charge in [0.2, 0.25) is 17.7 Å². The normalized spacial score (nSPS) is 11.3. The van der Waals surface area contributed by atoms with Crippen LogP contribution in [0.25, 0.3) is 11.3 Å². The molecule has 0 radical (unpaired) electrons. The maximum atomic E-state index is 12.4. The van der Waals surface area contributed by atoms with Crippen LogP contribution in [-0.4, -0.2) is 39.8 Å². The maximum absolute atomic E-state index is 12.4. The van der Waals surface area contributed by atoms with Gasteiger partial charge in [-0.3, -0.25) is 19.2 Å². The van der Waals surface area contributed by atoms with E-state index < -0.39 is 35.3 Å². The van der Waals surface area contributed by atoms with Crippen LogP contribution in [0.2, 0.25) is 0 Å². The molecule has 1 heterocycles. The zero-order chi connectivity index (χ0) is 21.6. The van der Waals surface area contributed by atoms with Gasteiger partial charge in [0.15, 0.2) is 0 Å². The Kier molecular flexibility index (Phi) is 6.85. The first-order valence-corrected chi connectivity index (χ1v) is 8.60. The van der Waals surface area contributed by atoms with Gasteiger partial charge >= 0.3 is 5.97 Å². The van der Waals surface area contributed by atoms with E-state index in [2.05, 4.69) is 15.6 Å². The van der Waals surface area contributed by atoms with Crippen molar-refractivity contribution in [1.82, 2.24) is 10.3 Å². The Labute approximate surface area is 165 Å². The number of benzene rings is 1. The predicted octanol–water partition coefficient (Wildman–Crippen LogP) is 0.449. The molecule has 0 aliphatic carbocycles. The fourth-order valence-electron chi connectivity index (χ4n) is 2.57. The number of rotatable bonds is 8. The summed E-state index contributed by atoms with van der Waals surface area (Å²) in [4.78, 5) is 59.8. The molecule has 0 unspecified atom stereocenters. The summed E-state index contributed by atoms with van der Waals surface area (Å²) in [5.41, 5.74) is 5.45. The summed E-state index contributed by atoms with van der Waals surface area (Å²) in [5.74, 6) is -2.83. The summed E-state index contributed by atoms with van der Waals surface area (Å²) in [6.07, 6.45) is 0.00694. The number of pyridine rings is 1. The molecule has 152 valence electrons. The standard InChI is InChI=1S/C19H20N4O6/c1-10(24)21-15(8-9-16(20)25)18(27)22-12-4-2-11(3-5-12)14-7-6-13(19(28)29)17(26)23-14/h2-7,15H,8-9H2,1H3,(H2,20,25)(H,21,24)(H,22,27)(H,23,26)(H,28,29)/t15-/m0/s1. The molecular formula is C19H20N4O6. The second kappa shape index (κ2) is 9.31. The third-order valence-electron chi connectivity index (χ3n) is 3.98. The number of carboxylic acid groups (broad SMARTS) is 1. The summed E-state index contributed by atoms with van der Waals surface area (Å²) >= 11 is 0. The van der Waals surface area contributed by atoms with E-state index in [1.165, 1.54) is 19.1 Å². The van der Waals surface area contributed by atoms with Gasteiger partial charge in [-0.2, -0.15) is 0 Å². The monoisotopic (exact) mass is 400 g/mol. The zero-order valence-electron chi connectivity index (χ0n) is 15.5. The minimum absolute atomic E-state index is 0.0585. The van der Waals surface area contributed by atoms with Crippen molar-refractivity contribution in [2.24, 2.45) is 5.73 Å². The minimum Gasteiger partial charge on any atom is -0.477 e. The summed E-state index contributed by atoms with van der Waals surface area (Å²) in [6, 6.07) is 8.17. The second-order valence-corrected chi connectivity index (χ2v) is 6.24. The predicted molar refractivity (Wildman–Crippen MR) is 104 cm³/mol. The number of primary amides is 1. The van der Waals surface area contributed by atoms with Gasteiger partial charge in [0.25, 0.3) is 5.56 Å². The fraction of sp³-hybridized carbons (Fsp3) is 0.211. The van der Waals surface area contributed by atoms with E-state index >= 15 is 0 Å². The van der Waals surface area contributed by atoms with Gasteiger partial charge in [-0.1, -0.05) is 12.1 Å². The lowest BCUT2D eigenvalue weighted by atomic mass is 10.1. The van der Waals surface area contributed by atoms with Gasteiger partial charge in [-0.25, -0.2) is 4.79 Å². The van der Waals surface area contributed by atoms with Gasteiger partial charge in [-0.05, 0) is 36.2 Å². The highest BCUT2D eigenvalue weighted by Crippen LogP contribution is 2.19. The molecule has 0 spiro atoms. The number of nitrogens with one attached hydrogen (secondary N) is 3. The summed E-state index contributed by atoms with van der Waals surface area (Å²) in [5, 5.41) is 14.0. The average molecular weight is 400 g/mol. The zero-order valence-corrected chi connectivity index (χ0v) is 15.5. The molecule has 0 saturated carbocycles. The van der Waals surface area contributed by atoms with Crippen molar-refractivity contribution in [2.75, 3.05) is 5.32 Å². The summed E-state index contributed by atoms with van der Waals surface area (Å²) in [7, 11) is 0. The molecule has 29 heavy (non-hydrogen) atoms. The number of hydrogen-bond acceptors (Lipinski definition) is 5. The van der Waals surface area contributed by atoms with Gasteiger partial charge in [0, 0.05) is 24.7 Å². The van der Waals surface area contributed by atoms with Crippen LogP contribution in [0.4, 0.5) is 5.69 Å². The molecular weight excluding hydrogens is 380 g/mol. The van der Waals surface area contributed by atoms with Crippen molar-refractivity contribution < 1.29 is 24.3 Å². The van der Waals surface area contributed by atoms with Crippen LogP contribution >= 0.6 is 0 Å². The van der Waals surface area contributed by atoms with E-state index in [9.17, 15) is 24.0 Å². The van der Waals surface area contributed by atoms with E-state index in [4.69, 9.17) is 10.8 Å². The number of carbonyl (C=O) groups is 4. The van der Waals surface area contributed by atoms with Crippen LogP contribution in [-0.2, 0) is 14.4 Å². The molecule has 0 bridgehead atoms. The molecule has 6 N–H and O–H groups in total. The molecule has 0 aliphatic rings. The van der Waals surface area contributed by atoms with Crippen molar-refractivity contribution in [3.8, 4) is 11.3 Å². The van der Waals surface area contributed by atoms with Crippen molar-refractivity contribution >= 4 is 29.4 Å². The first kappa shape index (κ1) is 21.4. The molecule has 1 aromatic heterocycles. The number of carboxylic acids is 1. The third kappa shape index (κ3) is 6.03. The molecule has 0 saturated heterocycles. The van der Waals surface area contributed by atoms with Crippen molar-refractivity contribution in [1.29, 1.82) is 0 Å². The van der Waals surface area contributed by atoms with Crippen LogP contribution in [0.15, 0.2) is 41.2 Å². The van der Waals surface area contributed by atoms with E-state index in [-0.39, 0.29) is 18.4 Å². The molecule has 0 fully saturated rings. The number of amides is 3. The van der Waals surface area contributed by atoms with E-state index in [1.54, 1.807) is 24.3 Å². The Balaban J connectivity index is 2.12. The number of carbonyl (C=O) groups excluding carboxylic acids is 3. The fourth-order valence-corrected chi connectivity index (χ4v) is 2.57. The number of hydrogen-bond donors (Lipinski definition) is 5. The molecule has 1 atom stereocenters. The maximum Gasteiger partial charge on any atom is 0.341 e. The van der Waals surface area contributed by atoms with Crippen LogP contribution in [0, 0.1) is 0 Å². The Morgan fingerprint density at radius 2 is 1.76 bits per heavy atom. The van der Waals surface area contributed by atoms with Crippen molar-refractivity contribution in [3.63, 3.8) is 0 Å². The summed E-state index contributed by atoms with van der Waals surface area (Å²) in [6.45, 7) is 1.26. The quantitative estimate of drug-likeness (QED) is 0.430. The molecule has 10 heteroatoms. The molecule has 0 aliphatic heterocycles.